The Morgan fingerprint density at radius 1 is 1.00 bits per heavy atom. The van der Waals surface area contributed by atoms with Gasteiger partial charge in [-0.05, 0) is 35.7 Å². The molecule has 0 aromatic heterocycles. The third kappa shape index (κ3) is 1.65. The average molecular weight is 214 g/mol. The fourth-order valence-electron chi connectivity index (χ4n) is 2.00. The Labute approximate surface area is 94.5 Å². The second-order valence-corrected chi connectivity index (χ2v) is 4.31. The second kappa shape index (κ2) is 3.80. The highest BCUT2D eigenvalue weighted by Crippen LogP contribution is 2.27. The average Bonchev–Trinajstić information content (AvgIpc) is 2.34. The Kier molecular flexibility index (Phi) is 2.29. The molecule has 2 atom stereocenters. The predicted octanol–water partition coefficient (Wildman–Crippen LogP) is 2.74. The van der Waals surface area contributed by atoms with Crippen molar-refractivity contribution in [3.05, 3.63) is 42.5 Å². The highest BCUT2D eigenvalue weighted by atomic mass is 16.5. The summed E-state index contributed by atoms with van der Waals surface area (Å²) in [4.78, 5) is 0. The summed E-state index contributed by atoms with van der Waals surface area (Å²) in [6.45, 7) is 0. The van der Waals surface area contributed by atoms with Crippen LogP contribution in [0, 0.1) is 0 Å². The number of ether oxygens (including phenoxy) is 1. The van der Waals surface area contributed by atoms with Crippen molar-refractivity contribution < 1.29 is 9.84 Å². The molecule has 1 fully saturated rings. The van der Waals surface area contributed by atoms with E-state index in [9.17, 15) is 5.11 Å². The van der Waals surface area contributed by atoms with Gasteiger partial charge >= 0.3 is 0 Å². The van der Waals surface area contributed by atoms with E-state index < -0.39 is 0 Å². The van der Waals surface area contributed by atoms with Crippen LogP contribution in [0.4, 0.5) is 0 Å². The summed E-state index contributed by atoms with van der Waals surface area (Å²) in [7, 11) is 0. The molecule has 16 heavy (non-hydrogen) atoms. The van der Waals surface area contributed by atoms with Crippen LogP contribution in [-0.4, -0.2) is 17.3 Å². The van der Waals surface area contributed by atoms with Crippen molar-refractivity contribution in [1.29, 1.82) is 0 Å². The highest BCUT2D eigenvalue weighted by Gasteiger charge is 2.30. The largest absolute Gasteiger partial charge is 0.488 e. The molecule has 0 amide bonds. The molecule has 0 saturated heterocycles. The van der Waals surface area contributed by atoms with Gasteiger partial charge in [-0.25, -0.2) is 0 Å². The van der Waals surface area contributed by atoms with E-state index in [0.29, 0.717) is 0 Å². The molecule has 1 aliphatic rings. The van der Waals surface area contributed by atoms with Gasteiger partial charge in [0, 0.05) is 0 Å². The zero-order chi connectivity index (χ0) is 11.0. The lowest BCUT2D eigenvalue weighted by Gasteiger charge is -2.32. The number of fused-ring (bicyclic) bond motifs is 1. The fourth-order valence-corrected chi connectivity index (χ4v) is 2.00. The number of hydrogen-bond donors (Lipinski definition) is 1. The van der Waals surface area contributed by atoms with Crippen LogP contribution >= 0.6 is 0 Å². The molecule has 0 aliphatic heterocycles. The molecule has 82 valence electrons. The lowest BCUT2D eigenvalue weighted by molar-refractivity contribution is -0.0361. The van der Waals surface area contributed by atoms with E-state index in [-0.39, 0.29) is 12.2 Å². The van der Waals surface area contributed by atoms with E-state index in [0.717, 1.165) is 18.6 Å². The van der Waals surface area contributed by atoms with Gasteiger partial charge in [0.25, 0.3) is 0 Å². The van der Waals surface area contributed by atoms with Crippen LogP contribution in [0.5, 0.6) is 5.75 Å². The minimum absolute atomic E-state index is 0.0128. The highest BCUT2D eigenvalue weighted by molar-refractivity contribution is 5.83. The first-order valence-corrected chi connectivity index (χ1v) is 5.66. The first kappa shape index (κ1) is 9.67. The summed E-state index contributed by atoms with van der Waals surface area (Å²) in [6.07, 6.45) is 1.51. The van der Waals surface area contributed by atoms with Gasteiger partial charge in [-0.3, -0.25) is 0 Å². The summed E-state index contributed by atoms with van der Waals surface area (Å²) in [6, 6.07) is 14.2. The smallest absolute Gasteiger partial charge is 0.125 e. The van der Waals surface area contributed by atoms with Crippen LogP contribution in [0.25, 0.3) is 10.8 Å². The Hall–Kier alpha value is -1.54. The first-order valence-electron chi connectivity index (χ1n) is 5.66. The molecule has 0 bridgehead atoms. The van der Waals surface area contributed by atoms with Gasteiger partial charge in [0.15, 0.2) is 0 Å². The predicted molar refractivity (Wildman–Crippen MR) is 63.6 cm³/mol. The van der Waals surface area contributed by atoms with Crippen molar-refractivity contribution in [1.82, 2.24) is 0 Å². The van der Waals surface area contributed by atoms with Crippen molar-refractivity contribution in [2.75, 3.05) is 0 Å². The molecular formula is C14H14O2. The molecule has 2 nitrogen and oxygen atoms in total. The standard InChI is InChI=1S/C14H14O2/c15-13-7-8-14(13)16-12-6-5-10-3-1-2-4-11(10)9-12/h1-6,9,13-15H,7-8H2/t13-,14-/m1/s1. The maximum Gasteiger partial charge on any atom is 0.125 e. The van der Waals surface area contributed by atoms with Crippen LogP contribution < -0.4 is 4.74 Å². The van der Waals surface area contributed by atoms with Crippen LogP contribution in [-0.2, 0) is 0 Å². The van der Waals surface area contributed by atoms with Gasteiger partial charge < -0.3 is 9.84 Å². The van der Waals surface area contributed by atoms with Crippen molar-refractivity contribution >= 4 is 10.8 Å². The molecule has 0 spiro atoms. The fraction of sp³-hybridized carbons (Fsp3) is 0.286. The van der Waals surface area contributed by atoms with Gasteiger partial charge in [-0.15, -0.1) is 0 Å². The molecule has 2 aromatic rings. The van der Waals surface area contributed by atoms with E-state index in [2.05, 4.69) is 18.2 Å². The van der Waals surface area contributed by atoms with Gasteiger partial charge in [-0.2, -0.15) is 0 Å². The molecular weight excluding hydrogens is 200 g/mol. The number of aliphatic hydroxyl groups excluding tert-OH is 1. The topological polar surface area (TPSA) is 29.5 Å². The van der Waals surface area contributed by atoms with Crippen molar-refractivity contribution in [3.63, 3.8) is 0 Å². The molecule has 1 N–H and O–H groups in total. The lowest BCUT2D eigenvalue weighted by atomic mass is 9.92. The molecule has 1 saturated carbocycles. The van der Waals surface area contributed by atoms with Crippen LogP contribution in [0.1, 0.15) is 12.8 Å². The summed E-state index contributed by atoms with van der Waals surface area (Å²) >= 11 is 0. The lowest BCUT2D eigenvalue weighted by Crippen LogP contribution is -2.41. The Morgan fingerprint density at radius 3 is 2.50 bits per heavy atom. The number of benzene rings is 2. The normalized spacial score (nSPS) is 24.1. The molecule has 2 aromatic carbocycles. The second-order valence-electron chi connectivity index (χ2n) is 4.31. The zero-order valence-electron chi connectivity index (χ0n) is 8.97. The van der Waals surface area contributed by atoms with Gasteiger partial charge in [-0.1, -0.05) is 30.3 Å². The van der Waals surface area contributed by atoms with Crippen molar-refractivity contribution in [2.45, 2.75) is 25.0 Å². The summed E-state index contributed by atoms with van der Waals surface area (Å²) in [5.41, 5.74) is 0. The first-order chi connectivity index (χ1) is 7.83. The van der Waals surface area contributed by atoms with Gasteiger partial charge in [0.05, 0.1) is 6.10 Å². The van der Waals surface area contributed by atoms with Crippen LogP contribution in [0.3, 0.4) is 0 Å². The number of rotatable bonds is 2. The van der Waals surface area contributed by atoms with E-state index in [1.54, 1.807) is 0 Å². The Bertz CT molecular complexity index is 507. The Balaban J connectivity index is 1.87. The summed E-state index contributed by atoms with van der Waals surface area (Å²) in [5.74, 6) is 0.849. The Morgan fingerprint density at radius 2 is 1.81 bits per heavy atom. The van der Waals surface area contributed by atoms with Crippen molar-refractivity contribution in [2.24, 2.45) is 0 Å². The van der Waals surface area contributed by atoms with E-state index in [1.807, 2.05) is 24.3 Å². The monoisotopic (exact) mass is 214 g/mol. The third-order valence-corrected chi connectivity index (χ3v) is 3.18. The molecule has 1 aliphatic carbocycles. The molecule has 0 heterocycles. The maximum absolute atomic E-state index is 9.46. The molecule has 0 unspecified atom stereocenters. The van der Waals surface area contributed by atoms with Crippen LogP contribution in [0.15, 0.2) is 42.5 Å². The summed E-state index contributed by atoms with van der Waals surface area (Å²) in [5, 5.41) is 11.8. The minimum Gasteiger partial charge on any atom is -0.488 e. The third-order valence-electron chi connectivity index (χ3n) is 3.18. The maximum atomic E-state index is 9.46. The SMILES string of the molecule is O[C@@H]1CC[C@H]1Oc1ccc2ccccc2c1. The zero-order valence-corrected chi connectivity index (χ0v) is 8.97. The summed E-state index contributed by atoms with van der Waals surface area (Å²) < 4.78 is 5.72. The minimum atomic E-state index is -0.286. The van der Waals surface area contributed by atoms with E-state index in [4.69, 9.17) is 4.74 Å². The van der Waals surface area contributed by atoms with Gasteiger partial charge in [0.2, 0.25) is 0 Å². The molecule has 2 heteroatoms. The van der Waals surface area contributed by atoms with Crippen LogP contribution in [0.2, 0.25) is 0 Å². The molecule has 0 radical (unpaired) electrons. The van der Waals surface area contributed by atoms with E-state index >= 15 is 0 Å². The van der Waals surface area contributed by atoms with Crippen molar-refractivity contribution in [3.8, 4) is 5.75 Å². The molecule has 3 rings (SSSR count). The number of hydrogen-bond acceptors (Lipinski definition) is 2. The quantitative estimate of drug-likeness (QED) is 0.833. The van der Waals surface area contributed by atoms with Gasteiger partial charge in [0.1, 0.15) is 11.9 Å². The van der Waals surface area contributed by atoms with E-state index in [1.165, 1.54) is 10.8 Å². The number of aliphatic hydroxyl groups is 1.